The summed E-state index contributed by atoms with van der Waals surface area (Å²) >= 11 is 0. The van der Waals surface area contributed by atoms with E-state index in [0.717, 1.165) is 54.8 Å². The number of ether oxygens (including phenoxy) is 1. The first kappa shape index (κ1) is 23.4. The maximum absolute atomic E-state index is 12.5. The lowest BCUT2D eigenvalue weighted by Gasteiger charge is -2.37. The van der Waals surface area contributed by atoms with Gasteiger partial charge in [0.25, 0.3) is 0 Å². The maximum Gasteiger partial charge on any atom is 0.223 e. The number of allylic oxidation sites excluding steroid dienone is 1. The Morgan fingerprint density at radius 1 is 1.29 bits per heavy atom. The Morgan fingerprint density at radius 3 is 2.68 bits per heavy atom. The average Bonchev–Trinajstić information content (AvgIpc) is 3.15. The van der Waals surface area contributed by atoms with Crippen LogP contribution >= 0.6 is 0 Å². The predicted octanol–water partition coefficient (Wildman–Crippen LogP) is 5.52. The molecule has 2 N–H and O–H groups in total. The molecule has 170 valence electrons. The molecule has 1 aromatic heterocycles. The van der Waals surface area contributed by atoms with E-state index in [1.807, 2.05) is 18.2 Å². The highest BCUT2D eigenvalue weighted by atomic mass is 16.5. The molecule has 0 unspecified atom stereocenters. The third-order valence-corrected chi connectivity index (χ3v) is 7.13. The number of methoxy groups -OCH3 is 1. The fourth-order valence-electron chi connectivity index (χ4n) is 5.03. The number of H-pyrrole nitrogens is 1. The summed E-state index contributed by atoms with van der Waals surface area (Å²) in [6.07, 6.45) is 6.26. The van der Waals surface area contributed by atoms with Crippen molar-refractivity contribution in [3.8, 4) is 5.75 Å². The van der Waals surface area contributed by atoms with Crippen molar-refractivity contribution in [3.05, 3.63) is 35.7 Å². The van der Waals surface area contributed by atoms with Crippen LogP contribution in [0.1, 0.15) is 59.7 Å². The Bertz CT molecular complexity index is 911. The summed E-state index contributed by atoms with van der Waals surface area (Å²) < 4.78 is 5.33. The number of aromatic nitrogens is 2. The van der Waals surface area contributed by atoms with E-state index in [1.54, 1.807) is 7.11 Å². The van der Waals surface area contributed by atoms with Crippen molar-refractivity contribution < 1.29 is 9.53 Å². The minimum absolute atomic E-state index is 0.130. The molecule has 1 aliphatic rings. The fraction of sp³-hybridized carbons (Fsp3) is 0.615. The smallest absolute Gasteiger partial charge is 0.223 e. The summed E-state index contributed by atoms with van der Waals surface area (Å²) in [4.78, 5) is 20.8. The lowest BCUT2D eigenvalue weighted by atomic mass is 9.69. The van der Waals surface area contributed by atoms with Gasteiger partial charge in [-0.1, -0.05) is 39.3 Å². The van der Waals surface area contributed by atoms with Gasteiger partial charge in [0.2, 0.25) is 5.91 Å². The van der Waals surface area contributed by atoms with Crippen molar-refractivity contribution in [2.24, 2.45) is 29.6 Å². The number of hydrogen-bond acceptors (Lipinski definition) is 3. The molecule has 0 saturated heterocycles. The second-order valence-corrected chi connectivity index (χ2v) is 9.44. The second kappa shape index (κ2) is 10.3. The van der Waals surface area contributed by atoms with Crippen LogP contribution in [0, 0.1) is 29.6 Å². The molecule has 3 atom stereocenters. The quantitative estimate of drug-likeness (QED) is 0.520. The SMILES string of the molecule is CCC(CC)C(=O)NC[C@@H]1C=C(C)[C@H](Cc2nc3ccc(OC)cc3[nH]2)C[C@H]1C(C)C. The first-order valence-corrected chi connectivity index (χ1v) is 11.8. The summed E-state index contributed by atoms with van der Waals surface area (Å²) in [5, 5.41) is 3.24. The van der Waals surface area contributed by atoms with Gasteiger partial charge in [-0.25, -0.2) is 4.98 Å². The number of nitrogens with zero attached hydrogens (tertiary/aromatic N) is 1. The third-order valence-electron chi connectivity index (χ3n) is 7.13. The number of amides is 1. The molecular weight excluding hydrogens is 386 g/mol. The molecule has 0 spiro atoms. The molecule has 2 aromatic rings. The van der Waals surface area contributed by atoms with Crippen molar-refractivity contribution in [3.63, 3.8) is 0 Å². The van der Waals surface area contributed by atoms with E-state index in [2.05, 4.69) is 51.0 Å². The summed E-state index contributed by atoms with van der Waals surface area (Å²) in [5.41, 5.74) is 3.42. The lowest BCUT2D eigenvalue weighted by Crippen LogP contribution is -2.39. The monoisotopic (exact) mass is 425 g/mol. The molecule has 1 aromatic carbocycles. The number of aromatic amines is 1. The van der Waals surface area contributed by atoms with Crippen molar-refractivity contribution >= 4 is 16.9 Å². The highest BCUT2D eigenvalue weighted by Crippen LogP contribution is 2.38. The number of carbonyl (C=O) groups is 1. The van der Waals surface area contributed by atoms with Gasteiger partial charge >= 0.3 is 0 Å². The first-order chi connectivity index (χ1) is 14.9. The van der Waals surface area contributed by atoms with Crippen molar-refractivity contribution in [1.29, 1.82) is 0 Å². The van der Waals surface area contributed by atoms with Crippen LogP contribution in [0.5, 0.6) is 5.75 Å². The maximum atomic E-state index is 12.5. The molecule has 1 amide bonds. The van der Waals surface area contributed by atoms with E-state index < -0.39 is 0 Å². The van der Waals surface area contributed by atoms with Gasteiger partial charge in [0.1, 0.15) is 11.6 Å². The zero-order valence-electron chi connectivity index (χ0n) is 20.0. The highest BCUT2D eigenvalue weighted by molar-refractivity contribution is 5.78. The van der Waals surface area contributed by atoms with Gasteiger partial charge in [-0.15, -0.1) is 0 Å². The van der Waals surface area contributed by atoms with Gasteiger partial charge in [-0.3, -0.25) is 4.79 Å². The number of benzene rings is 1. The number of fused-ring (bicyclic) bond motifs is 1. The van der Waals surface area contributed by atoms with Gasteiger partial charge < -0.3 is 15.0 Å². The molecule has 0 radical (unpaired) electrons. The Labute approximate surface area is 187 Å². The van der Waals surface area contributed by atoms with Crippen LogP contribution in [0.25, 0.3) is 11.0 Å². The van der Waals surface area contributed by atoms with Gasteiger partial charge in [0, 0.05) is 24.9 Å². The molecule has 0 fully saturated rings. The second-order valence-electron chi connectivity index (χ2n) is 9.44. The third kappa shape index (κ3) is 5.50. The summed E-state index contributed by atoms with van der Waals surface area (Å²) in [6, 6.07) is 5.96. The summed E-state index contributed by atoms with van der Waals surface area (Å²) in [7, 11) is 1.68. The summed E-state index contributed by atoms with van der Waals surface area (Å²) in [6.45, 7) is 11.8. The molecule has 1 aliphatic carbocycles. The molecule has 0 aliphatic heterocycles. The van der Waals surface area contributed by atoms with Crippen LogP contribution < -0.4 is 10.1 Å². The molecule has 3 rings (SSSR count). The van der Waals surface area contributed by atoms with Crippen LogP contribution in [0.2, 0.25) is 0 Å². The average molecular weight is 426 g/mol. The van der Waals surface area contributed by atoms with E-state index in [4.69, 9.17) is 9.72 Å². The molecule has 5 nitrogen and oxygen atoms in total. The van der Waals surface area contributed by atoms with Crippen LogP contribution in [-0.4, -0.2) is 29.5 Å². The zero-order chi connectivity index (χ0) is 22.5. The first-order valence-electron chi connectivity index (χ1n) is 11.8. The van der Waals surface area contributed by atoms with Crippen molar-refractivity contribution in [1.82, 2.24) is 15.3 Å². The van der Waals surface area contributed by atoms with E-state index in [1.165, 1.54) is 5.57 Å². The van der Waals surface area contributed by atoms with Crippen molar-refractivity contribution in [2.75, 3.05) is 13.7 Å². The van der Waals surface area contributed by atoms with Gasteiger partial charge in [0.05, 0.1) is 18.1 Å². The normalized spacial score (nSPS) is 21.5. The molecule has 5 heteroatoms. The minimum Gasteiger partial charge on any atom is -0.497 e. The largest absolute Gasteiger partial charge is 0.497 e. The summed E-state index contributed by atoms with van der Waals surface area (Å²) in [5.74, 6) is 4.21. The predicted molar refractivity (Wildman–Crippen MR) is 127 cm³/mol. The van der Waals surface area contributed by atoms with Crippen LogP contribution in [-0.2, 0) is 11.2 Å². The van der Waals surface area contributed by atoms with Crippen LogP contribution in [0.4, 0.5) is 0 Å². The highest BCUT2D eigenvalue weighted by Gasteiger charge is 2.32. The van der Waals surface area contributed by atoms with E-state index in [0.29, 0.717) is 23.7 Å². The van der Waals surface area contributed by atoms with Gasteiger partial charge in [-0.05, 0) is 62.0 Å². The van der Waals surface area contributed by atoms with E-state index >= 15 is 0 Å². The number of carbonyl (C=O) groups excluding carboxylic acids is 1. The molecule has 0 saturated carbocycles. The Hall–Kier alpha value is -2.30. The lowest BCUT2D eigenvalue weighted by molar-refractivity contribution is -0.125. The van der Waals surface area contributed by atoms with E-state index in [-0.39, 0.29) is 11.8 Å². The topological polar surface area (TPSA) is 67.0 Å². The van der Waals surface area contributed by atoms with Crippen LogP contribution in [0.15, 0.2) is 29.8 Å². The fourth-order valence-corrected chi connectivity index (χ4v) is 5.03. The standard InChI is InChI=1S/C26H39N3O2/c1-7-18(8-2)26(30)27-15-20-11-17(5)19(12-22(20)16(3)4)13-25-28-23-10-9-21(31-6)14-24(23)29-25/h9-11,14,16,18-20,22H,7-8,12-13,15H2,1-6H3,(H,27,30)(H,28,29)/t19-,20-,22-/m0/s1. The Balaban J connectivity index is 1.72. The number of hydrogen-bond donors (Lipinski definition) is 2. The van der Waals surface area contributed by atoms with Gasteiger partial charge in [0.15, 0.2) is 0 Å². The van der Waals surface area contributed by atoms with Crippen LogP contribution in [0.3, 0.4) is 0 Å². The Morgan fingerprint density at radius 2 is 2.03 bits per heavy atom. The molecular formula is C26H39N3O2. The Kier molecular flexibility index (Phi) is 7.79. The number of nitrogens with one attached hydrogen (secondary N) is 2. The molecule has 31 heavy (non-hydrogen) atoms. The number of imidazole rings is 1. The molecule has 1 heterocycles. The van der Waals surface area contributed by atoms with Crippen molar-refractivity contribution in [2.45, 2.75) is 60.3 Å². The minimum atomic E-state index is 0.130. The van der Waals surface area contributed by atoms with Gasteiger partial charge in [-0.2, -0.15) is 0 Å². The molecule has 0 bridgehead atoms. The zero-order valence-corrected chi connectivity index (χ0v) is 20.0. The van der Waals surface area contributed by atoms with E-state index in [9.17, 15) is 4.79 Å². The number of rotatable bonds is 9.